The highest BCUT2D eigenvalue weighted by Gasteiger charge is 2.41. The molecule has 0 atom stereocenters. The Morgan fingerprint density at radius 1 is 1.16 bits per heavy atom. The number of rotatable bonds is 7. The number of fused-ring (bicyclic) bond motifs is 1. The van der Waals surface area contributed by atoms with Crippen molar-refractivity contribution in [2.45, 2.75) is 19.3 Å². The highest BCUT2D eigenvalue weighted by Crippen LogP contribution is 2.44. The average molecular weight is 262 g/mol. The summed E-state index contributed by atoms with van der Waals surface area (Å²) in [6.45, 7) is 3.62. The molecule has 4 heteroatoms. The molecule has 0 unspecified atom stereocenters. The minimum Gasteiger partial charge on any atom is -0.454 e. The van der Waals surface area contributed by atoms with Crippen molar-refractivity contribution in [1.29, 1.82) is 0 Å². The molecular formula is C15H22N2O2. The molecular weight excluding hydrogens is 240 g/mol. The first-order chi connectivity index (χ1) is 9.31. The van der Waals surface area contributed by atoms with Crippen LogP contribution in [0.2, 0.25) is 0 Å². The second kappa shape index (κ2) is 5.39. The van der Waals surface area contributed by atoms with Gasteiger partial charge in [0.25, 0.3) is 0 Å². The third-order valence-corrected chi connectivity index (χ3v) is 4.04. The first-order valence-corrected chi connectivity index (χ1v) is 7.05. The fraction of sp³-hybridized carbons (Fsp3) is 0.600. The third kappa shape index (κ3) is 3.01. The molecule has 19 heavy (non-hydrogen) atoms. The molecule has 0 aromatic heterocycles. The fourth-order valence-electron chi connectivity index (χ4n) is 2.65. The molecule has 4 nitrogen and oxygen atoms in total. The van der Waals surface area contributed by atoms with Gasteiger partial charge in [-0.2, -0.15) is 0 Å². The van der Waals surface area contributed by atoms with Crippen molar-refractivity contribution < 1.29 is 9.47 Å². The van der Waals surface area contributed by atoms with Crippen molar-refractivity contribution in [2.75, 3.05) is 33.5 Å². The molecule has 104 valence electrons. The monoisotopic (exact) mass is 262 g/mol. The largest absolute Gasteiger partial charge is 0.454 e. The van der Waals surface area contributed by atoms with E-state index in [1.165, 1.54) is 18.4 Å². The van der Waals surface area contributed by atoms with Crippen LogP contribution in [0.3, 0.4) is 0 Å². The van der Waals surface area contributed by atoms with Crippen molar-refractivity contribution in [3.05, 3.63) is 23.8 Å². The van der Waals surface area contributed by atoms with Crippen LogP contribution < -0.4 is 20.1 Å². The molecule has 3 rings (SSSR count). The van der Waals surface area contributed by atoms with Gasteiger partial charge in [-0.3, -0.25) is 0 Å². The average Bonchev–Trinajstić information content (AvgIpc) is 3.02. The van der Waals surface area contributed by atoms with E-state index in [9.17, 15) is 0 Å². The van der Waals surface area contributed by atoms with Gasteiger partial charge >= 0.3 is 0 Å². The van der Waals surface area contributed by atoms with E-state index in [0.717, 1.165) is 37.6 Å². The first kappa shape index (κ1) is 12.8. The van der Waals surface area contributed by atoms with Crippen molar-refractivity contribution >= 4 is 0 Å². The standard InChI is InChI=1S/C15H22N2O2/c1-16-9-15(5-6-15)10-17-7-4-12-2-3-13-14(8-12)19-11-18-13/h2-3,8,16-17H,4-7,9-11H2,1H3. The number of hydrogen-bond donors (Lipinski definition) is 2. The summed E-state index contributed by atoms with van der Waals surface area (Å²) in [4.78, 5) is 0. The summed E-state index contributed by atoms with van der Waals surface area (Å²) in [6, 6.07) is 6.21. The molecule has 0 radical (unpaired) electrons. The highest BCUT2D eigenvalue weighted by molar-refractivity contribution is 5.44. The van der Waals surface area contributed by atoms with Crippen LogP contribution in [0.15, 0.2) is 18.2 Å². The molecule has 0 spiro atoms. The van der Waals surface area contributed by atoms with Crippen molar-refractivity contribution in [3.8, 4) is 11.5 Å². The maximum absolute atomic E-state index is 5.39. The Balaban J connectivity index is 1.43. The lowest BCUT2D eigenvalue weighted by Gasteiger charge is -2.15. The fourth-order valence-corrected chi connectivity index (χ4v) is 2.65. The molecule has 1 aliphatic carbocycles. The van der Waals surface area contributed by atoms with Gasteiger partial charge in [0.05, 0.1) is 0 Å². The first-order valence-electron chi connectivity index (χ1n) is 7.05. The molecule has 2 aliphatic rings. The maximum atomic E-state index is 5.39. The minimum atomic E-state index is 0.351. The number of hydrogen-bond acceptors (Lipinski definition) is 4. The van der Waals surface area contributed by atoms with Crippen LogP contribution in [0.1, 0.15) is 18.4 Å². The molecule has 1 saturated carbocycles. The van der Waals surface area contributed by atoms with Crippen LogP contribution in [0.5, 0.6) is 11.5 Å². The zero-order chi connectivity index (χ0) is 13.1. The van der Waals surface area contributed by atoms with E-state index in [-0.39, 0.29) is 0 Å². The van der Waals surface area contributed by atoms with Gasteiger partial charge in [-0.25, -0.2) is 0 Å². The predicted molar refractivity (Wildman–Crippen MR) is 74.7 cm³/mol. The van der Waals surface area contributed by atoms with E-state index in [1.807, 2.05) is 13.1 Å². The summed E-state index contributed by atoms with van der Waals surface area (Å²) in [5, 5.41) is 6.86. The summed E-state index contributed by atoms with van der Waals surface area (Å²) in [5.41, 5.74) is 1.83. The quantitative estimate of drug-likeness (QED) is 0.732. The zero-order valence-corrected chi connectivity index (χ0v) is 11.5. The zero-order valence-electron chi connectivity index (χ0n) is 11.5. The Hall–Kier alpha value is -1.26. The SMILES string of the molecule is CNCC1(CNCCc2ccc3c(c2)OCO3)CC1. The van der Waals surface area contributed by atoms with E-state index >= 15 is 0 Å². The van der Waals surface area contributed by atoms with Crippen LogP contribution >= 0.6 is 0 Å². The van der Waals surface area contributed by atoms with E-state index in [4.69, 9.17) is 9.47 Å². The van der Waals surface area contributed by atoms with Crippen LogP contribution in [0, 0.1) is 5.41 Å². The van der Waals surface area contributed by atoms with Gasteiger partial charge in [0.1, 0.15) is 0 Å². The van der Waals surface area contributed by atoms with Gasteiger partial charge in [-0.15, -0.1) is 0 Å². The summed E-state index contributed by atoms with van der Waals surface area (Å²) < 4.78 is 10.7. The van der Waals surface area contributed by atoms with Crippen LogP contribution in [-0.2, 0) is 6.42 Å². The molecule has 1 aliphatic heterocycles. The molecule has 1 aromatic carbocycles. The van der Waals surface area contributed by atoms with Crippen LogP contribution in [0.4, 0.5) is 0 Å². The number of ether oxygens (including phenoxy) is 2. The minimum absolute atomic E-state index is 0.351. The molecule has 0 amide bonds. The molecule has 1 fully saturated rings. The van der Waals surface area contributed by atoms with Gasteiger partial charge in [-0.05, 0) is 56.0 Å². The summed E-state index contributed by atoms with van der Waals surface area (Å²) in [7, 11) is 2.03. The van der Waals surface area contributed by atoms with E-state index in [2.05, 4.69) is 22.8 Å². The lowest BCUT2D eigenvalue weighted by molar-refractivity contribution is 0.174. The normalized spacial score (nSPS) is 18.6. The summed E-state index contributed by atoms with van der Waals surface area (Å²) in [6.07, 6.45) is 3.74. The summed E-state index contributed by atoms with van der Waals surface area (Å²) >= 11 is 0. The Morgan fingerprint density at radius 3 is 2.79 bits per heavy atom. The topological polar surface area (TPSA) is 42.5 Å². The maximum Gasteiger partial charge on any atom is 0.231 e. The Morgan fingerprint density at radius 2 is 2.00 bits per heavy atom. The molecule has 1 aromatic rings. The molecule has 2 N–H and O–H groups in total. The van der Waals surface area contributed by atoms with E-state index < -0.39 is 0 Å². The van der Waals surface area contributed by atoms with Crippen molar-refractivity contribution in [2.24, 2.45) is 5.41 Å². The van der Waals surface area contributed by atoms with E-state index in [1.54, 1.807) is 0 Å². The van der Waals surface area contributed by atoms with Crippen molar-refractivity contribution in [3.63, 3.8) is 0 Å². The predicted octanol–water partition coefficient (Wildman–Crippen LogP) is 1.55. The summed E-state index contributed by atoms with van der Waals surface area (Å²) in [5.74, 6) is 1.74. The van der Waals surface area contributed by atoms with Crippen molar-refractivity contribution in [1.82, 2.24) is 10.6 Å². The third-order valence-electron chi connectivity index (χ3n) is 4.04. The van der Waals surface area contributed by atoms with Gasteiger partial charge in [0.2, 0.25) is 6.79 Å². The number of benzene rings is 1. The highest BCUT2D eigenvalue weighted by atomic mass is 16.7. The molecule has 0 bridgehead atoms. The Labute approximate surface area is 114 Å². The smallest absolute Gasteiger partial charge is 0.231 e. The molecule has 1 heterocycles. The van der Waals surface area contributed by atoms with Gasteiger partial charge < -0.3 is 20.1 Å². The van der Waals surface area contributed by atoms with Crippen LogP contribution in [-0.4, -0.2) is 33.5 Å². The number of nitrogens with one attached hydrogen (secondary N) is 2. The lowest BCUT2D eigenvalue weighted by atomic mass is 10.1. The second-order valence-electron chi connectivity index (χ2n) is 5.64. The second-order valence-corrected chi connectivity index (χ2v) is 5.64. The lowest BCUT2D eigenvalue weighted by Crippen LogP contribution is -2.32. The van der Waals surface area contributed by atoms with Crippen LogP contribution in [0.25, 0.3) is 0 Å². The van der Waals surface area contributed by atoms with E-state index in [0.29, 0.717) is 12.2 Å². The van der Waals surface area contributed by atoms with Gasteiger partial charge in [0.15, 0.2) is 11.5 Å². The van der Waals surface area contributed by atoms with Gasteiger partial charge in [0, 0.05) is 13.1 Å². The van der Waals surface area contributed by atoms with Gasteiger partial charge in [-0.1, -0.05) is 6.07 Å². The Bertz CT molecular complexity index is 444. The Kier molecular flexibility index (Phi) is 3.62. The molecule has 0 saturated heterocycles.